The average molecular weight is 394 g/mol. The number of carbonyl (C=O) groups is 2. The average Bonchev–Trinajstić information content (AvgIpc) is 3.21. The Labute approximate surface area is 170 Å². The zero-order chi connectivity index (χ0) is 19.8. The second kappa shape index (κ2) is 7.63. The van der Waals surface area contributed by atoms with E-state index in [-0.39, 0.29) is 17.7 Å². The van der Waals surface area contributed by atoms with E-state index in [1.54, 1.807) is 0 Å². The van der Waals surface area contributed by atoms with E-state index in [2.05, 4.69) is 17.2 Å². The van der Waals surface area contributed by atoms with Crippen LogP contribution in [-0.4, -0.2) is 57.7 Å². The monoisotopic (exact) mass is 394 g/mol. The van der Waals surface area contributed by atoms with Gasteiger partial charge in [-0.1, -0.05) is 24.3 Å². The molecule has 3 aliphatic rings. The van der Waals surface area contributed by atoms with Crippen molar-refractivity contribution in [3.8, 4) is 0 Å². The van der Waals surface area contributed by atoms with Gasteiger partial charge in [-0.25, -0.2) is 0 Å². The molecule has 0 aliphatic carbocycles. The van der Waals surface area contributed by atoms with Gasteiger partial charge in [-0.05, 0) is 36.5 Å². The minimum Gasteiger partial charge on any atom is -0.381 e. The molecule has 0 bridgehead atoms. The summed E-state index contributed by atoms with van der Waals surface area (Å²) in [6.07, 6.45) is 2.48. The first-order valence-corrected chi connectivity index (χ1v) is 10.5. The number of rotatable bonds is 2. The predicted molar refractivity (Wildman–Crippen MR) is 106 cm³/mol. The Kier molecular flexibility index (Phi) is 4.83. The van der Waals surface area contributed by atoms with Crippen molar-refractivity contribution in [2.45, 2.75) is 38.9 Å². The lowest BCUT2D eigenvalue weighted by Crippen LogP contribution is -2.43. The van der Waals surface area contributed by atoms with Crippen molar-refractivity contribution in [1.82, 2.24) is 19.6 Å². The van der Waals surface area contributed by atoms with Gasteiger partial charge in [0, 0.05) is 38.8 Å². The van der Waals surface area contributed by atoms with Crippen molar-refractivity contribution < 1.29 is 14.3 Å². The van der Waals surface area contributed by atoms with Crippen molar-refractivity contribution in [3.63, 3.8) is 0 Å². The maximum absolute atomic E-state index is 13.0. The Morgan fingerprint density at radius 2 is 1.76 bits per heavy atom. The van der Waals surface area contributed by atoms with Crippen LogP contribution in [0, 0.1) is 5.92 Å². The fraction of sp³-hybridized carbons (Fsp3) is 0.500. The molecule has 152 valence electrons. The molecule has 4 heterocycles. The van der Waals surface area contributed by atoms with Gasteiger partial charge < -0.3 is 14.5 Å². The predicted octanol–water partition coefficient (Wildman–Crippen LogP) is 1.85. The Bertz CT molecular complexity index is 932. The highest BCUT2D eigenvalue weighted by Gasteiger charge is 2.31. The van der Waals surface area contributed by atoms with Crippen LogP contribution in [0.4, 0.5) is 0 Å². The van der Waals surface area contributed by atoms with Gasteiger partial charge in [-0.3, -0.25) is 14.3 Å². The summed E-state index contributed by atoms with van der Waals surface area (Å²) in [7, 11) is 0. The van der Waals surface area contributed by atoms with Crippen LogP contribution >= 0.6 is 0 Å². The zero-order valence-corrected chi connectivity index (χ0v) is 16.5. The third-order valence-electron chi connectivity index (χ3n) is 6.32. The molecule has 0 atom stereocenters. The maximum Gasteiger partial charge on any atom is 0.274 e. The fourth-order valence-electron chi connectivity index (χ4n) is 4.59. The van der Waals surface area contributed by atoms with Gasteiger partial charge in [-0.2, -0.15) is 5.10 Å². The minimum absolute atomic E-state index is 0.0243. The van der Waals surface area contributed by atoms with Gasteiger partial charge in [0.05, 0.1) is 18.8 Å². The molecule has 0 saturated carbocycles. The van der Waals surface area contributed by atoms with Crippen molar-refractivity contribution in [3.05, 3.63) is 52.8 Å². The molecule has 1 saturated heterocycles. The Balaban J connectivity index is 1.28. The van der Waals surface area contributed by atoms with E-state index < -0.39 is 0 Å². The summed E-state index contributed by atoms with van der Waals surface area (Å²) in [4.78, 5) is 29.7. The lowest BCUT2D eigenvalue weighted by atomic mass is 9.98. The van der Waals surface area contributed by atoms with Crippen LogP contribution in [0.2, 0.25) is 0 Å². The summed E-state index contributed by atoms with van der Waals surface area (Å²) in [6.45, 7) is 4.49. The van der Waals surface area contributed by atoms with Crippen LogP contribution < -0.4 is 0 Å². The number of benzene rings is 1. The van der Waals surface area contributed by atoms with Gasteiger partial charge >= 0.3 is 0 Å². The van der Waals surface area contributed by atoms with Crippen LogP contribution in [0.25, 0.3) is 0 Å². The van der Waals surface area contributed by atoms with Crippen LogP contribution in [0.3, 0.4) is 0 Å². The molecule has 1 fully saturated rings. The van der Waals surface area contributed by atoms with Crippen molar-refractivity contribution in [2.24, 2.45) is 5.92 Å². The SMILES string of the molecule is O=C(c1cc2n(n1)CCN(C(=O)C1CCOCC1)C2)N1CCc2ccccc2C1. The number of fused-ring (bicyclic) bond motifs is 2. The highest BCUT2D eigenvalue weighted by molar-refractivity contribution is 5.92. The molecular formula is C22H26N4O3. The summed E-state index contributed by atoms with van der Waals surface area (Å²) < 4.78 is 7.26. The molecule has 7 heteroatoms. The van der Waals surface area contributed by atoms with Crippen molar-refractivity contribution in [1.29, 1.82) is 0 Å². The summed E-state index contributed by atoms with van der Waals surface area (Å²) >= 11 is 0. The first-order chi connectivity index (χ1) is 14.2. The second-order valence-corrected chi connectivity index (χ2v) is 8.14. The first kappa shape index (κ1) is 18.4. The van der Waals surface area contributed by atoms with Crippen LogP contribution in [0.15, 0.2) is 30.3 Å². The lowest BCUT2D eigenvalue weighted by molar-refractivity contribution is -0.140. The molecule has 5 rings (SSSR count). The summed E-state index contributed by atoms with van der Waals surface area (Å²) in [6, 6.07) is 10.2. The molecule has 1 aromatic heterocycles. The molecule has 2 aromatic rings. The van der Waals surface area contributed by atoms with Gasteiger partial charge in [0.25, 0.3) is 5.91 Å². The molecule has 0 radical (unpaired) electrons. The number of aromatic nitrogens is 2. The molecule has 2 amide bonds. The molecule has 0 N–H and O–H groups in total. The number of amides is 2. The third-order valence-corrected chi connectivity index (χ3v) is 6.32. The number of ether oxygens (including phenoxy) is 1. The van der Waals surface area contributed by atoms with Crippen LogP contribution in [0.5, 0.6) is 0 Å². The molecule has 1 aromatic carbocycles. The van der Waals surface area contributed by atoms with E-state index >= 15 is 0 Å². The number of carbonyl (C=O) groups excluding carboxylic acids is 2. The second-order valence-electron chi connectivity index (χ2n) is 8.14. The van der Waals surface area contributed by atoms with E-state index in [0.717, 1.165) is 25.0 Å². The number of hydrogen-bond donors (Lipinski definition) is 0. The van der Waals surface area contributed by atoms with Gasteiger partial charge in [0.2, 0.25) is 5.91 Å². The van der Waals surface area contributed by atoms with E-state index in [0.29, 0.717) is 51.6 Å². The lowest BCUT2D eigenvalue weighted by Gasteiger charge is -2.32. The number of hydrogen-bond acceptors (Lipinski definition) is 4. The van der Waals surface area contributed by atoms with Gasteiger partial charge in [0.15, 0.2) is 5.69 Å². The van der Waals surface area contributed by atoms with Gasteiger partial charge in [0.1, 0.15) is 0 Å². The summed E-state index contributed by atoms with van der Waals surface area (Å²) in [5.74, 6) is 0.248. The smallest absolute Gasteiger partial charge is 0.274 e. The molecule has 7 nitrogen and oxygen atoms in total. The topological polar surface area (TPSA) is 67.7 Å². The standard InChI is InChI=1S/C22H26N4O3/c27-21(17-6-11-29-12-7-17)25-9-10-26-19(15-25)13-20(23-26)22(28)24-8-5-16-3-1-2-4-18(16)14-24/h1-4,13,17H,5-12,14-15H2. The number of nitrogens with zero attached hydrogens (tertiary/aromatic N) is 4. The Morgan fingerprint density at radius 1 is 0.966 bits per heavy atom. The highest BCUT2D eigenvalue weighted by Crippen LogP contribution is 2.23. The third kappa shape index (κ3) is 3.55. The van der Waals surface area contributed by atoms with Crippen LogP contribution in [-0.2, 0) is 35.6 Å². The van der Waals surface area contributed by atoms with Crippen LogP contribution in [0.1, 0.15) is 40.2 Å². The summed E-state index contributed by atoms with van der Waals surface area (Å²) in [5.41, 5.74) is 3.96. The van der Waals surface area contributed by atoms with E-state index in [4.69, 9.17) is 4.74 Å². The van der Waals surface area contributed by atoms with Crippen molar-refractivity contribution >= 4 is 11.8 Å². The molecule has 3 aliphatic heterocycles. The highest BCUT2D eigenvalue weighted by atomic mass is 16.5. The summed E-state index contributed by atoms with van der Waals surface area (Å²) in [5, 5.41) is 4.56. The fourth-order valence-corrected chi connectivity index (χ4v) is 4.59. The largest absolute Gasteiger partial charge is 0.381 e. The zero-order valence-electron chi connectivity index (χ0n) is 16.5. The van der Waals surface area contributed by atoms with E-state index in [1.165, 1.54) is 11.1 Å². The molecule has 0 unspecified atom stereocenters. The molecule has 0 spiro atoms. The molecular weight excluding hydrogens is 368 g/mol. The van der Waals surface area contributed by atoms with Gasteiger partial charge in [-0.15, -0.1) is 0 Å². The van der Waals surface area contributed by atoms with Crippen molar-refractivity contribution in [2.75, 3.05) is 26.3 Å². The normalized spacial score (nSPS) is 19.6. The Morgan fingerprint density at radius 3 is 2.59 bits per heavy atom. The van der Waals surface area contributed by atoms with E-state index in [1.807, 2.05) is 32.7 Å². The van der Waals surface area contributed by atoms with E-state index in [9.17, 15) is 9.59 Å². The quantitative estimate of drug-likeness (QED) is 0.780. The first-order valence-electron chi connectivity index (χ1n) is 10.5. The minimum atomic E-state index is -0.0243. The Hall–Kier alpha value is -2.67. The molecule has 29 heavy (non-hydrogen) atoms. The maximum atomic E-state index is 13.0.